The molecule has 0 aromatic heterocycles. The highest BCUT2D eigenvalue weighted by atomic mass is 16.4. The van der Waals surface area contributed by atoms with Crippen molar-refractivity contribution in [2.24, 2.45) is 17.8 Å². The third-order valence-electron chi connectivity index (χ3n) is 6.18. The number of fused-ring (bicyclic) bond motifs is 3. The van der Waals surface area contributed by atoms with Gasteiger partial charge >= 0.3 is 5.97 Å². The molecule has 2 saturated carbocycles. The summed E-state index contributed by atoms with van der Waals surface area (Å²) in [5.41, 5.74) is 2.15. The Morgan fingerprint density at radius 2 is 1.91 bits per heavy atom. The fourth-order valence-corrected chi connectivity index (χ4v) is 4.97. The predicted octanol–water partition coefficient (Wildman–Crippen LogP) is 2.85. The molecule has 4 heteroatoms. The first kappa shape index (κ1) is 14.7. The van der Waals surface area contributed by atoms with Gasteiger partial charge in [0.1, 0.15) is 6.04 Å². The molecule has 2 fully saturated rings. The standard InChI is InChI=1S/C19H23NO3/c21-18(10-16-8-12-5-6-14(16)7-12)20-11-15-4-2-1-3-13(15)9-17(20)19(22)23/h1-4,12,14,16-17H,5-11H2,(H,22,23). The van der Waals surface area contributed by atoms with E-state index in [-0.39, 0.29) is 5.91 Å². The van der Waals surface area contributed by atoms with Crippen molar-refractivity contribution in [2.75, 3.05) is 0 Å². The number of carboxylic acids is 1. The zero-order chi connectivity index (χ0) is 16.0. The second-order valence-corrected chi connectivity index (χ2v) is 7.49. The van der Waals surface area contributed by atoms with Crippen LogP contribution in [0.4, 0.5) is 0 Å². The van der Waals surface area contributed by atoms with Crippen LogP contribution in [0.1, 0.15) is 43.2 Å². The normalized spacial score (nSPS) is 31.9. The van der Waals surface area contributed by atoms with Gasteiger partial charge in [-0.05, 0) is 48.1 Å². The highest BCUT2D eigenvalue weighted by molar-refractivity contribution is 5.84. The van der Waals surface area contributed by atoms with Crippen LogP contribution in [0.5, 0.6) is 0 Å². The van der Waals surface area contributed by atoms with Crippen LogP contribution < -0.4 is 0 Å². The average Bonchev–Trinajstić information content (AvgIpc) is 3.16. The minimum absolute atomic E-state index is 0.0319. The van der Waals surface area contributed by atoms with E-state index in [1.165, 1.54) is 25.7 Å². The monoisotopic (exact) mass is 313 g/mol. The van der Waals surface area contributed by atoms with Gasteiger partial charge in [-0.25, -0.2) is 4.79 Å². The van der Waals surface area contributed by atoms with Gasteiger partial charge in [0.15, 0.2) is 0 Å². The molecule has 0 spiro atoms. The fraction of sp³-hybridized carbons (Fsp3) is 0.579. The van der Waals surface area contributed by atoms with Crippen LogP contribution in [0.25, 0.3) is 0 Å². The maximum absolute atomic E-state index is 12.8. The number of hydrogen-bond donors (Lipinski definition) is 1. The molecule has 2 aliphatic carbocycles. The zero-order valence-electron chi connectivity index (χ0n) is 13.3. The maximum Gasteiger partial charge on any atom is 0.326 e. The van der Waals surface area contributed by atoms with Gasteiger partial charge in [0, 0.05) is 19.4 Å². The average molecular weight is 313 g/mol. The third-order valence-corrected chi connectivity index (χ3v) is 6.18. The number of aliphatic carboxylic acids is 1. The van der Waals surface area contributed by atoms with Gasteiger partial charge in [-0.1, -0.05) is 30.7 Å². The molecule has 122 valence electrons. The smallest absolute Gasteiger partial charge is 0.326 e. The Kier molecular flexibility index (Phi) is 3.63. The van der Waals surface area contributed by atoms with Crippen molar-refractivity contribution >= 4 is 11.9 Å². The molecular formula is C19H23NO3. The van der Waals surface area contributed by atoms with Crippen molar-refractivity contribution in [2.45, 2.75) is 51.1 Å². The lowest BCUT2D eigenvalue weighted by Crippen LogP contribution is -2.49. The lowest BCUT2D eigenvalue weighted by atomic mass is 9.85. The summed E-state index contributed by atoms with van der Waals surface area (Å²) in [7, 11) is 0. The first-order chi connectivity index (χ1) is 11.1. The van der Waals surface area contributed by atoms with E-state index in [0.29, 0.717) is 31.2 Å². The van der Waals surface area contributed by atoms with Crippen LogP contribution in [0, 0.1) is 17.8 Å². The molecule has 0 radical (unpaired) electrons. The molecule has 4 rings (SSSR count). The van der Waals surface area contributed by atoms with Crippen LogP contribution in [-0.4, -0.2) is 27.9 Å². The van der Waals surface area contributed by atoms with Gasteiger partial charge in [0.2, 0.25) is 5.91 Å². The lowest BCUT2D eigenvalue weighted by Gasteiger charge is -2.35. The van der Waals surface area contributed by atoms with Crippen LogP contribution in [0.2, 0.25) is 0 Å². The molecule has 23 heavy (non-hydrogen) atoms. The van der Waals surface area contributed by atoms with E-state index in [9.17, 15) is 14.7 Å². The summed E-state index contributed by atoms with van der Waals surface area (Å²) in [6.07, 6.45) is 5.99. The van der Waals surface area contributed by atoms with Crippen molar-refractivity contribution in [3.05, 3.63) is 35.4 Å². The molecule has 1 aromatic carbocycles. The Bertz CT molecular complexity index is 641. The van der Waals surface area contributed by atoms with Crippen molar-refractivity contribution < 1.29 is 14.7 Å². The van der Waals surface area contributed by atoms with Crippen molar-refractivity contribution in [3.63, 3.8) is 0 Å². The maximum atomic E-state index is 12.8. The van der Waals surface area contributed by atoms with Crippen LogP contribution in [-0.2, 0) is 22.6 Å². The van der Waals surface area contributed by atoms with Crippen molar-refractivity contribution in [1.29, 1.82) is 0 Å². The van der Waals surface area contributed by atoms with Gasteiger partial charge in [-0.15, -0.1) is 0 Å². The summed E-state index contributed by atoms with van der Waals surface area (Å²) < 4.78 is 0. The molecule has 1 N–H and O–H groups in total. The van der Waals surface area contributed by atoms with Gasteiger partial charge < -0.3 is 10.0 Å². The van der Waals surface area contributed by atoms with E-state index < -0.39 is 12.0 Å². The minimum Gasteiger partial charge on any atom is -0.480 e. The van der Waals surface area contributed by atoms with E-state index in [1.54, 1.807) is 4.90 Å². The molecule has 3 aliphatic rings. The first-order valence-electron chi connectivity index (χ1n) is 8.71. The summed E-state index contributed by atoms with van der Waals surface area (Å²) in [5.74, 6) is 1.14. The zero-order valence-corrected chi connectivity index (χ0v) is 13.3. The Morgan fingerprint density at radius 1 is 1.13 bits per heavy atom. The lowest BCUT2D eigenvalue weighted by molar-refractivity contribution is -0.152. The Labute approximate surface area is 136 Å². The van der Waals surface area contributed by atoms with E-state index >= 15 is 0 Å². The van der Waals surface area contributed by atoms with E-state index in [1.807, 2.05) is 24.3 Å². The first-order valence-corrected chi connectivity index (χ1v) is 8.71. The summed E-state index contributed by atoms with van der Waals surface area (Å²) in [4.78, 5) is 26.1. The second-order valence-electron chi connectivity index (χ2n) is 7.49. The van der Waals surface area contributed by atoms with Crippen molar-refractivity contribution in [3.8, 4) is 0 Å². The summed E-state index contributed by atoms with van der Waals surface area (Å²) in [6.45, 7) is 0.437. The summed E-state index contributed by atoms with van der Waals surface area (Å²) in [5, 5.41) is 9.56. The summed E-state index contributed by atoms with van der Waals surface area (Å²) >= 11 is 0. The second kappa shape index (κ2) is 5.66. The van der Waals surface area contributed by atoms with Crippen molar-refractivity contribution in [1.82, 2.24) is 4.90 Å². The predicted molar refractivity (Wildman–Crippen MR) is 85.7 cm³/mol. The highest BCUT2D eigenvalue weighted by Crippen LogP contribution is 2.49. The highest BCUT2D eigenvalue weighted by Gasteiger charge is 2.42. The molecule has 4 atom stereocenters. The van der Waals surface area contributed by atoms with Crippen LogP contribution in [0.15, 0.2) is 24.3 Å². The molecule has 1 aliphatic heterocycles. The fourth-order valence-electron chi connectivity index (χ4n) is 4.97. The number of amides is 1. The van der Waals surface area contributed by atoms with Gasteiger partial charge in [0.25, 0.3) is 0 Å². The Balaban J connectivity index is 1.51. The topological polar surface area (TPSA) is 57.6 Å². The van der Waals surface area contributed by atoms with E-state index in [2.05, 4.69) is 0 Å². The van der Waals surface area contributed by atoms with E-state index in [4.69, 9.17) is 0 Å². The number of carboxylic acid groups (broad SMARTS) is 1. The van der Waals surface area contributed by atoms with Gasteiger partial charge in [0.05, 0.1) is 0 Å². The molecule has 2 bridgehead atoms. The quantitative estimate of drug-likeness (QED) is 0.933. The van der Waals surface area contributed by atoms with Gasteiger partial charge in [-0.2, -0.15) is 0 Å². The largest absolute Gasteiger partial charge is 0.480 e. The molecule has 1 aromatic rings. The number of benzene rings is 1. The van der Waals surface area contributed by atoms with Crippen LogP contribution >= 0.6 is 0 Å². The molecule has 1 heterocycles. The Hall–Kier alpha value is -1.84. The van der Waals surface area contributed by atoms with Gasteiger partial charge in [-0.3, -0.25) is 4.79 Å². The Morgan fingerprint density at radius 3 is 2.57 bits per heavy atom. The number of carbonyl (C=O) groups excluding carboxylic acids is 1. The molecular weight excluding hydrogens is 290 g/mol. The SMILES string of the molecule is O=C(O)C1Cc2ccccc2CN1C(=O)CC1CC2CCC1C2. The van der Waals surface area contributed by atoms with Crippen LogP contribution in [0.3, 0.4) is 0 Å². The number of nitrogens with zero attached hydrogens (tertiary/aromatic N) is 1. The third kappa shape index (κ3) is 2.64. The molecule has 0 saturated heterocycles. The minimum atomic E-state index is -0.888. The number of rotatable bonds is 3. The number of hydrogen-bond acceptors (Lipinski definition) is 2. The summed E-state index contributed by atoms with van der Waals surface area (Å²) in [6, 6.07) is 7.16. The van der Waals surface area contributed by atoms with E-state index in [0.717, 1.165) is 17.0 Å². The molecule has 1 amide bonds. The number of carbonyl (C=O) groups is 2. The molecule has 4 unspecified atom stereocenters. The molecule has 4 nitrogen and oxygen atoms in total.